The van der Waals surface area contributed by atoms with Gasteiger partial charge in [-0.1, -0.05) is 17.7 Å². The lowest BCUT2D eigenvalue weighted by Crippen LogP contribution is -1.90. The highest BCUT2D eigenvalue weighted by Gasteiger charge is 2.17. The van der Waals surface area contributed by atoms with Crippen molar-refractivity contribution in [3.63, 3.8) is 0 Å². The van der Waals surface area contributed by atoms with Gasteiger partial charge in [-0.15, -0.1) is 22.0 Å². The zero-order valence-electron chi connectivity index (χ0n) is 14.2. The monoisotopic (exact) mass is 340 g/mol. The normalized spacial score (nSPS) is 12.2. The minimum atomic E-state index is 0.0880. The lowest BCUT2D eigenvalue weighted by molar-refractivity contribution is 0.415. The topological polar surface area (TPSA) is 48.2 Å². The van der Waals surface area contributed by atoms with Crippen LogP contribution < -0.4 is 4.74 Å². The van der Waals surface area contributed by atoms with Gasteiger partial charge in [0.25, 0.3) is 0 Å². The Kier molecular flexibility index (Phi) is 4.90. The molecule has 3 aromatic rings. The fourth-order valence-corrected chi connectivity index (χ4v) is 3.41. The SMILES string of the molecule is COc1ccc(-c2nnc(C(C)Sc3cc(C)ccc3C)o2)cc1. The third-order valence-electron chi connectivity index (χ3n) is 3.77. The third kappa shape index (κ3) is 3.62. The summed E-state index contributed by atoms with van der Waals surface area (Å²) >= 11 is 1.74. The van der Waals surface area contributed by atoms with E-state index >= 15 is 0 Å². The van der Waals surface area contributed by atoms with Crippen molar-refractivity contribution in [2.24, 2.45) is 0 Å². The van der Waals surface area contributed by atoms with Crippen molar-refractivity contribution in [1.29, 1.82) is 0 Å². The zero-order chi connectivity index (χ0) is 17.1. The number of hydrogen-bond donors (Lipinski definition) is 0. The van der Waals surface area contributed by atoms with E-state index in [9.17, 15) is 0 Å². The number of aryl methyl sites for hydroxylation is 2. The number of nitrogens with zero attached hydrogens (tertiary/aromatic N) is 2. The summed E-state index contributed by atoms with van der Waals surface area (Å²) in [6.45, 7) is 6.30. The van der Waals surface area contributed by atoms with Gasteiger partial charge < -0.3 is 9.15 Å². The van der Waals surface area contributed by atoms with Gasteiger partial charge in [0.05, 0.1) is 12.4 Å². The number of methoxy groups -OCH3 is 1. The van der Waals surface area contributed by atoms with Crippen LogP contribution in [-0.2, 0) is 0 Å². The first-order valence-electron chi connectivity index (χ1n) is 7.78. The van der Waals surface area contributed by atoms with Gasteiger partial charge in [0.15, 0.2) is 0 Å². The molecule has 0 N–H and O–H groups in total. The molecule has 0 fully saturated rings. The van der Waals surface area contributed by atoms with E-state index < -0.39 is 0 Å². The average Bonchev–Trinajstić information content (AvgIpc) is 3.08. The van der Waals surface area contributed by atoms with E-state index in [1.165, 1.54) is 16.0 Å². The highest BCUT2D eigenvalue weighted by atomic mass is 32.2. The van der Waals surface area contributed by atoms with Crippen molar-refractivity contribution < 1.29 is 9.15 Å². The molecule has 0 aliphatic rings. The van der Waals surface area contributed by atoms with Gasteiger partial charge in [-0.25, -0.2) is 0 Å². The van der Waals surface area contributed by atoms with Crippen LogP contribution in [0, 0.1) is 13.8 Å². The first kappa shape index (κ1) is 16.6. The van der Waals surface area contributed by atoms with Gasteiger partial charge in [-0.3, -0.25) is 0 Å². The molecule has 0 radical (unpaired) electrons. The summed E-state index contributed by atoms with van der Waals surface area (Å²) in [6, 6.07) is 14.1. The molecule has 1 aromatic heterocycles. The maximum absolute atomic E-state index is 5.86. The average molecular weight is 340 g/mol. The maximum atomic E-state index is 5.86. The first-order chi connectivity index (χ1) is 11.6. The minimum Gasteiger partial charge on any atom is -0.497 e. The Morgan fingerprint density at radius 3 is 2.50 bits per heavy atom. The molecule has 2 aromatic carbocycles. The summed E-state index contributed by atoms with van der Waals surface area (Å²) in [7, 11) is 1.64. The minimum absolute atomic E-state index is 0.0880. The van der Waals surface area contributed by atoms with Crippen molar-refractivity contribution in [1.82, 2.24) is 10.2 Å². The second-order valence-corrected chi connectivity index (χ2v) is 7.09. The van der Waals surface area contributed by atoms with Gasteiger partial charge in [0.2, 0.25) is 11.8 Å². The summed E-state index contributed by atoms with van der Waals surface area (Å²) < 4.78 is 11.0. The van der Waals surface area contributed by atoms with Crippen LogP contribution in [0.15, 0.2) is 51.8 Å². The van der Waals surface area contributed by atoms with Gasteiger partial charge in [-0.2, -0.15) is 0 Å². The van der Waals surface area contributed by atoms with Crippen LogP contribution in [-0.4, -0.2) is 17.3 Å². The predicted octanol–water partition coefficient (Wildman–Crippen LogP) is 5.22. The Morgan fingerprint density at radius 1 is 1.04 bits per heavy atom. The molecular formula is C19H20N2O2S. The molecule has 0 amide bonds. The second-order valence-electron chi connectivity index (χ2n) is 5.70. The predicted molar refractivity (Wildman–Crippen MR) is 96.5 cm³/mol. The van der Waals surface area contributed by atoms with Gasteiger partial charge in [0.1, 0.15) is 5.75 Å². The van der Waals surface area contributed by atoms with Crippen molar-refractivity contribution in [3.8, 4) is 17.2 Å². The fourth-order valence-electron chi connectivity index (χ4n) is 2.32. The van der Waals surface area contributed by atoms with Crippen molar-refractivity contribution in [2.75, 3.05) is 7.11 Å². The summed E-state index contributed by atoms with van der Waals surface area (Å²) in [5, 5.41) is 8.48. The van der Waals surface area contributed by atoms with Crippen LogP contribution >= 0.6 is 11.8 Å². The van der Waals surface area contributed by atoms with Crippen molar-refractivity contribution in [3.05, 3.63) is 59.5 Å². The molecule has 4 nitrogen and oxygen atoms in total. The van der Waals surface area contributed by atoms with Crippen LogP contribution in [0.1, 0.15) is 29.2 Å². The number of hydrogen-bond acceptors (Lipinski definition) is 5. The maximum Gasteiger partial charge on any atom is 0.247 e. The lowest BCUT2D eigenvalue weighted by Gasteiger charge is -2.10. The quantitative estimate of drug-likeness (QED) is 0.596. The number of benzene rings is 2. The highest BCUT2D eigenvalue weighted by Crippen LogP contribution is 2.37. The van der Waals surface area contributed by atoms with Gasteiger partial charge in [0, 0.05) is 10.5 Å². The molecule has 0 spiro atoms. The molecule has 0 aliphatic heterocycles. The summed E-state index contributed by atoms with van der Waals surface area (Å²) in [5.41, 5.74) is 3.39. The summed E-state index contributed by atoms with van der Waals surface area (Å²) in [6.07, 6.45) is 0. The Hall–Kier alpha value is -2.27. The zero-order valence-corrected chi connectivity index (χ0v) is 15.1. The number of ether oxygens (including phenoxy) is 1. The Balaban J connectivity index is 1.77. The highest BCUT2D eigenvalue weighted by molar-refractivity contribution is 7.99. The van der Waals surface area contributed by atoms with E-state index in [1.54, 1.807) is 18.9 Å². The number of thioether (sulfide) groups is 1. The molecule has 0 aliphatic carbocycles. The lowest BCUT2D eigenvalue weighted by atomic mass is 10.2. The molecule has 0 saturated heterocycles. The molecule has 24 heavy (non-hydrogen) atoms. The van der Waals surface area contributed by atoms with Crippen LogP contribution in [0.3, 0.4) is 0 Å². The number of aromatic nitrogens is 2. The van der Waals surface area contributed by atoms with Gasteiger partial charge in [-0.05, 0) is 56.7 Å². The van der Waals surface area contributed by atoms with Crippen molar-refractivity contribution >= 4 is 11.8 Å². The van der Waals surface area contributed by atoms with Crippen molar-refractivity contribution in [2.45, 2.75) is 30.9 Å². The van der Waals surface area contributed by atoms with E-state index in [4.69, 9.17) is 9.15 Å². The first-order valence-corrected chi connectivity index (χ1v) is 8.66. The van der Waals surface area contributed by atoms with E-state index in [2.05, 4.69) is 49.2 Å². The van der Waals surface area contributed by atoms with Crippen LogP contribution in [0.25, 0.3) is 11.5 Å². The Morgan fingerprint density at radius 2 is 1.79 bits per heavy atom. The molecule has 5 heteroatoms. The molecular weight excluding hydrogens is 320 g/mol. The third-order valence-corrected chi connectivity index (χ3v) is 5.02. The van der Waals surface area contributed by atoms with E-state index in [0.29, 0.717) is 11.8 Å². The Bertz CT molecular complexity index is 828. The molecule has 124 valence electrons. The second kappa shape index (κ2) is 7.09. The number of rotatable bonds is 5. The molecule has 3 rings (SSSR count). The van der Waals surface area contributed by atoms with Crippen LogP contribution in [0.5, 0.6) is 5.75 Å². The molecule has 1 atom stereocenters. The molecule has 0 bridgehead atoms. The van der Waals surface area contributed by atoms with E-state index in [0.717, 1.165) is 11.3 Å². The van der Waals surface area contributed by atoms with E-state index in [1.807, 2.05) is 24.3 Å². The standard InChI is InChI=1S/C19H20N2O2S/c1-12-5-6-13(2)17(11-12)24-14(3)18-20-21-19(23-18)15-7-9-16(22-4)10-8-15/h5-11,14H,1-4H3. The van der Waals surface area contributed by atoms with Crippen LogP contribution in [0.4, 0.5) is 0 Å². The Labute approximate surface area is 146 Å². The summed E-state index contributed by atoms with van der Waals surface area (Å²) in [5.74, 6) is 1.96. The van der Waals surface area contributed by atoms with E-state index in [-0.39, 0.29) is 5.25 Å². The van der Waals surface area contributed by atoms with Crippen LogP contribution in [0.2, 0.25) is 0 Å². The largest absolute Gasteiger partial charge is 0.497 e. The summed E-state index contributed by atoms with van der Waals surface area (Å²) in [4.78, 5) is 1.24. The smallest absolute Gasteiger partial charge is 0.247 e. The fraction of sp³-hybridized carbons (Fsp3) is 0.263. The van der Waals surface area contributed by atoms with Gasteiger partial charge >= 0.3 is 0 Å². The molecule has 1 unspecified atom stereocenters. The molecule has 1 heterocycles. The molecule has 0 saturated carbocycles.